The maximum atomic E-state index is 9.57. The van der Waals surface area contributed by atoms with Crippen LogP contribution in [0, 0.1) is 6.92 Å². The average molecular weight is 219 g/mol. The summed E-state index contributed by atoms with van der Waals surface area (Å²) < 4.78 is 4.93. The lowest BCUT2D eigenvalue weighted by atomic mass is 9.92. The molecule has 1 unspecified atom stereocenters. The van der Waals surface area contributed by atoms with E-state index in [0.29, 0.717) is 6.42 Å². The lowest BCUT2D eigenvalue weighted by Crippen LogP contribution is -2.18. The molecule has 5 nitrogen and oxygen atoms in total. The first kappa shape index (κ1) is 9.59. The Kier molecular flexibility index (Phi) is 2.07. The minimum atomic E-state index is -0.246. The van der Waals surface area contributed by atoms with Gasteiger partial charge < -0.3 is 9.63 Å². The van der Waals surface area contributed by atoms with Gasteiger partial charge in [0, 0.05) is 17.7 Å². The second kappa shape index (κ2) is 3.45. The van der Waals surface area contributed by atoms with E-state index in [9.17, 15) is 5.11 Å². The molecule has 0 radical (unpaired) electrons. The molecule has 2 heterocycles. The quantitative estimate of drug-likeness (QED) is 0.756. The molecule has 16 heavy (non-hydrogen) atoms. The van der Waals surface area contributed by atoms with Crippen molar-refractivity contribution < 1.29 is 9.63 Å². The van der Waals surface area contributed by atoms with Crippen molar-refractivity contribution in [3.05, 3.63) is 23.2 Å². The van der Waals surface area contributed by atoms with Gasteiger partial charge in [0.2, 0.25) is 0 Å². The number of rotatable bonds is 1. The van der Waals surface area contributed by atoms with Crippen LogP contribution in [0.1, 0.15) is 23.4 Å². The zero-order valence-electron chi connectivity index (χ0n) is 9.03. The lowest BCUT2D eigenvalue weighted by molar-refractivity contribution is 0.157. The van der Waals surface area contributed by atoms with Crippen LogP contribution in [0.25, 0.3) is 11.3 Å². The fourth-order valence-electron chi connectivity index (χ4n) is 2.23. The summed E-state index contributed by atoms with van der Waals surface area (Å²) in [5.74, 6) is 0. The van der Waals surface area contributed by atoms with Crippen LogP contribution in [0.3, 0.4) is 0 Å². The standard InChI is InChI=1S/C11H13N3O2/c1-6-9(5-16-14-6)11-8-3-2-7(15)4-10(8)12-13-11/h5,7,15H,2-4H2,1H3,(H,12,13). The molecule has 0 saturated carbocycles. The number of aromatic nitrogens is 3. The molecule has 1 aliphatic carbocycles. The Morgan fingerprint density at radius 2 is 2.44 bits per heavy atom. The summed E-state index contributed by atoms with van der Waals surface area (Å²) in [6.45, 7) is 1.90. The molecular weight excluding hydrogens is 206 g/mol. The molecule has 0 bridgehead atoms. The van der Waals surface area contributed by atoms with Crippen molar-refractivity contribution in [2.24, 2.45) is 0 Å². The number of fused-ring (bicyclic) bond motifs is 1. The number of nitrogens with one attached hydrogen (secondary N) is 1. The van der Waals surface area contributed by atoms with Gasteiger partial charge >= 0.3 is 0 Å². The molecule has 1 aliphatic rings. The number of aliphatic hydroxyl groups excluding tert-OH is 1. The molecule has 1 atom stereocenters. The molecule has 3 rings (SSSR count). The van der Waals surface area contributed by atoms with Crippen LogP contribution in [0.4, 0.5) is 0 Å². The highest BCUT2D eigenvalue weighted by Gasteiger charge is 2.24. The van der Waals surface area contributed by atoms with Crippen molar-refractivity contribution in [1.82, 2.24) is 15.4 Å². The molecule has 0 saturated heterocycles. The van der Waals surface area contributed by atoms with Crippen molar-refractivity contribution in [3.8, 4) is 11.3 Å². The van der Waals surface area contributed by atoms with E-state index in [1.165, 1.54) is 5.56 Å². The minimum absolute atomic E-state index is 0.246. The molecule has 2 aromatic heterocycles. The number of hydrogen-bond acceptors (Lipinski definition) is 4. The van der Waals surface area contributed by atoms with Gasteiger partial charge in [0.15, 0.2) is 0 Å². The predicted octanol–water partition coefficient (Wildman–Crippen LogP) is 1.22. The number of aryl methyl sites for hydroxylation is 1. The third-order valence-corrected chi connectivity index (χ3v) is 3.13. The van der Waals surface area contributed by atoms with Crippen LogP contribution in [-0.2, 0) is 12.8 Å². The Morgan fingerprint density at radius 3 is 3.19 bits per heavy atom. The third-order valence-electron chi connectivity index (χ3n) is 3.13. The molecule has 5 heteroatoms. The van der Waals surface area contributed by atoms with E-state index < -0.39 is 0 Å². The average Bonchev–Trinajstić information content (AvgIpc) is 2.83. The summed E-state index contributed by atoms with van der Waals surface area (Å²) in [5.41, 5.74) is 4.93. The van der Waals surface area contributed by atoms with Crippen LogP contribution in [0.2, 0.25) is 0 Å². The van der Waals surface area contributed by atoms with E-state index in [1.807, 2.05) is 6.92 Å². The molecule has 0 aromatic carbocycles. The lowest BCUT2D eigenvalue weighted by Gasteiger charge is -2.16. The fourth-order valence-corrected chi connectivity index (χ4v) is 2.23. The van der Waals surface area contributed by atoms with Gasteiger partial charge in [-0.2, -0.15) is 5.10 Å². The van der Waals surface area contributed by atoms with Crippen molar-refractivity contribution in [2.45, 2.75) is 32.3 Å². The number of H-pyrrole nitrogens is 1. The maximum absolute atomic E-state index is 9.57. The van der Waals surface area contributed by atoms with Gasteiger partial charge in [-0.3, -0.25) is 5.10 Å². The molecular formula is C11H13N3O2. The zero-order valence-corrected chi connectivity index (χ0v) is 9.03. The van der Waals surface area contributed by atoms with E-state index in [2.05, 4.69) is 15.4 Å². The van der Waals surface area contributed by atoms with Crippen LogP contribution in [0.15, 0.2) is 10.8 Å². The summed E-state index contributed by atoms with van der Waals surface area (Å²) in [7, 11) is 0. The monoisotopic (exact) mass is 219 g/mol. The Hall–Kier alpha value is -1.62. The van der Waals surface area contributed by atoms with Gasteiger partial charge in [-0.25, -0.2) is 0 Å². The summed E-state index contributed by atoms with van der Waals surface area (Å²) in [6.07, 6.45) is 3.68. The first-order chi connectivity index (χ1) is 7.75. The van der Waals surface area contributed by atoms with Crippen LogP contribution < -0.4 is 0 Å². The molecule has 0 amide bonds. The van der Waals surface area contributed by atoms with Crippen LogP contribution in [0.5, 0.6) is 0 Å². The third kappa shape index (κ3) is 1.36. The van der Waals surface area contributed by atoms with Crippen molar-refractivity contribution >= 4 is 0 Å². The molecule has 2 aromatic rings. The topological polar surface area (TPSA) is 74.9 Å². The van der Waals surface area contributed by atoms with Gasteiger partial charge in [-0.1, -0.05) is 5.16 Å². The Bertz CT molecular complexity index is 515. The number of aliphatic hydroxyl groups is 1. The second-order valence-electron chi connectivity index (χ2n) is 4.24. The SMILES string of the molecule is Cc1nocc1-c1n[nH]c2c1CCC(O)C2. The molecule has 0 fully saturated rings. The van der Waals surface area contributed by atoms with Crippen LogP contribution >= 0.6 is 0 Å². The van der Waals surface area contributed by atoms with Crippen molar-refractivity contribution in [3.63, 3.8) is 0 Å². The highest BCUT2D eigenvalue weighted by atomic mass is 16.5. The van der Waals surface area contributed by atoms with Gasteiger partial charge in [-0.05, 0) is 19.8 Å². The zero-order chi connectivity index (χ0) is 11.1. The van der Waals surface area contributed by atoms with E-state index in [-0.39, 0.29) is 6.10 Å². The summed E-state index contributed by atoms with van der Waals surface area (Å²) >= 11 is 0. The number of aromatic amines is 1. The first-order valence-corrected chi connectivity index (χ1v) is 5.41. The number of hydrogen-bond donors (Lipinski definition) is 2. The van der Waals surface area contributed by atoms with E-state index in [0.717, 1.165) is 35.5 Å². The molecule has 0 aliphatic heterocycles. The smallest absolute Gasteiger partial charge is 0.133 e. The minimum Gasteiger partial charge on any atom is -0.393 e. The fraction of sp³-hybridized carbons (Fsp3) is 0.455. The second-order valence-corrected chi connectivity index (χ2v) is 4.24. The van der Waals surface area contributed by atoms with E-state index in [4.69, 9.17) is 4.52 Å². The highest BCUT2D eigenvalue weighted by Crippen LogP contribution is 2.30. The number of nitrogens with zero attached hydrogens (tertiary/aromatic N) is 2. The first-order valence-electron chi connectivity index (χ1n) is 5.41. The Balaban J connectivity index is 2.07. The maximum Gasteiger partial charge on any atom is 0.133 e. The van der Waals surface area contributed by atoms with Gasteiger partial charge in [0.25, 0.3) is 0 Å². The molecule has 0 spiro atoms. The van der Waals surface area contributed by atoms with Crippen LogP contribution in [-0.4, -0.2) is 26.6 Å². The summed E-state index contributed by atoms with van der Waals surface area (Å²) in [4.78, 5) is 0. The van der Waals surface area contributed by atoms with Gasteiger partial charge in [-0.15, -0.1) is 0 Å². The summed E-state index contributed by atoms with van der Waals surface area (Å²) in [6, 6.07) is 0. The van der Waals surface area contributed by atoms with E-state index in [1.54, 1.807) is 6.26 Å². The Morgan fingerprint density at radius 1 is 1.56 bits per heavy atom. The predicted molar refractivity (Wildman–Crippen MR) is 56.9 cm³/mol. The largest absolute Gasteiger partial charge is 0.393 e. The van der Waals surface area contributed by atoms with Gasteiger partial charge in [0.1, 0.15) is 12.0 Å². The van der Waals surface area contributed by atoms with E-state index >= 15 is 0 Å². The normalized spacial score (nSPS) is 19.8. The Labute approximate surface area is 92.5 Å². The molecule has 84 valence electrons. The molecule has 2 N–H and O–H groups in total. The van der Waals surface area contributed by atoms with Crippen molar-refractivity contribution in [2.75, 3.05) is 0 Å². The highest BCUT2D eigenvalue weighted by molar-refractivity contribution is 5.65. The summed E-state index contributed by atoms with van der Waals surface area (Å²) in [5, 5.41) is 20.7. The van der Waals surface area contributed by atoms with Crippen molar-refractivity contribution in [1.29, 1.82) is 0 Å². The van der Waals surface area contributed by atoms with Gasteiger partial charge in [0.05, 0.1) is 17.4 Å².